The van der Waals surface area contributed by atoms with E-state index in [-0.39, 0.29) is 46.2 Å². The molecule has 0 fully saturated rings. The molecule has 0 aromatic heterocycles. The second kappa shape index (κ2) is 57.1. The van der Waals surface area contributed by atoms with Crippen LogP contribution >= 0.6 is 0 Å². The maximum absolute atomic E-state index is 10.2. The summed E-state index contributed by atoms with van der Waals surface area (Å²) in [4.78, 5) is 20.4. The molecule has 0 rings (SSSR count). The molecule has 348 valence electrons. The number of hydrogen-bond donors (Lipinski definition) is 2. The van der Waals surface area contributed by atoms with Crippen LogP contribution in [0.5, 0.6) is 0 Å². The van der Waals surface area contributed by atoms with Crippen molar-refractivity contribution in [2.45, 2.75) is 293 Å². The number of carboxylic acids is 2. The van der Waals surface area contributed by atoms with Crippen molar-refractivity contribution >= 4 is 33.1 Å². The Bertz CT molecular complexity index is 794. The SMILES string of the molecule is CCCCCCC[CH2][Sn+2][CH2]CCCCCCC.CCCCCC[C@@H](O)C/C=C\CCCCCCCC(=O)[O-].CCCCCC[C@@H](O)C/C=C\CCCCCCCC(=O)[O-]. The van der Waals surface area contributed by atoms with Gasteiger partial charge in [0, 0.05) is 11.9 Å². The summed E-state index contributed by atoms with van der Waals surface area (Å²) in [5.74, 6) is -1.88. The van der Waals surface area contributed by atoms with Gasteiger partial charge in [-0.25, -0.2) is 0 Å². The molecule has 0 aliphatic rings. The molecule has 0 aromatic rings. The van der Waals surface area contributed by atoms with Crippen molar-refractivity contribution in [3.63, 3.8) is 0 Å². The third-order valence-corrected chi connectivity index (χ3v) is 14.9. The number of aliphatic hydroxyl groups is 2. The van der Waals surface area contributed by atoms with Gasteiger partial charge in [0.1, 0.15) is 0 Å². The van der Waals surface area contributed by atoms with Gasteiger partial charge in [0.15, 0.2) is 0 Å². The van der Waals surface area contributed by atoms with Crippen molar-refractivity contribution in [3.05, 3.63) is 24.3 Å². The maximum Gasteiger partial charge on any atom is 0.0574 e. The molecule has 0 amide bonds. The molecule has 0 aliphatic heterocycles. The summed E-state index contributed by atoms with van der Waals surface area (Å²) in [7, 11) is 0. The minimum atomic E-state index is -0.939. The first-order valence-corrected chi connectivity index (χ1v) is 29.5. The van der Waals surface area contributed by atoms with Crippen LogP contribution in [0.15, 0.2) is 24.3 Å². The molecule has 7 heteroatoms. The van der Waals surface area contributed by atoms with Crippen molar-refractivity contribution < 1.29 is 30.0 Å². The minimum Gasteiger partial charge on any atom is -0.550 e. The Morgan fingerprint density at radius 1 is 0.407 bits per heavy atom. The van der Waals surface area contributed by atoms with E-state index < -0.39 is 11.9 Å². The Morgan fingerprint density at radius 3 is 1.03 bits per heavy atom. The monoisotopic (exact) mass is 941 g/mol. The van der Waals surface area contributed by atoms with E-state index in [0.717, 1.165) is 116 Å². The van der Waals surface area contributed by atoms with Gasteiger partial charge in [0.2, 0.25) is 0 Å². The van der Waals surface area contributed by atoms with E-state index in [1.54, 1.807) is 21.7 Å². The number of unbranched alkanes of at least 4 members (excludes halogenated alkanes) is 26. The normalized spacial score (nSPS) is 12.2. The molecule has 0 unspecified atom stereocenters. The summed E-state index contributed by atoms with van der Waals surface area (Å²) in [6.07, 6.45) is 51.9. The molecule has 0 saturated heterocycles. The topological polar surface area (TPSA) is 121 Å². The van der Waals surface area contributed by atoms with Crippen molar-refractivity contribution in [1.29, 1.82) is 0 Å². The molecule has 2 N–H and O–H groups in total. The quantitative estimate of drug-likeness (QED) is 0.0357. The van der Waals surface area contributed by atoms with Gasteiger partial charge >= 0.3 is 121 Å². The average Bonchev–Trinajstić information content (AvgIpc) is 3.21. The van der Waals surface area contributed by atoms with Crippen LogP contribution in [0.3, 0.4) is 0 Å². The van der Waals surface area contributed by atoms with E-state index in [1.807, 2.05) is 0 Å². The van der Waals surface area contributed by atoms with E-state index in [0.29, 0.717) is 0 Å². The first kappa shape index (κ1) is 62.4. The predicted octanol–water partition coefficient (Wildman–Crippen LogP) is 13.7. The molecule has 0 radical (unpaired) electrons. The number of carbonyl (C=O) groups excluding carboxylic acids is 2. The zero-order valence-corrected chi connectivity index (χ0v) is 42.6. The predicted molar refractivity (Wildman–Crippen MR) is 254 cm³/mol. The number of hydrogen-bond acceptors (Lipinski definition) is 6. The zero-order valence-electron chi connectivity index (χ0n) is 39.8. The number of rotatable bonds is 44. The summed E-state index contributed by atoms with van der Waals surface area (Å²) in [5, 5.41) is 40.0. The van der Waals surface area contributed by atoms with Crippen LogP contribution in [-0.4, -0.2) is 55.5 Å². The van der Waals surface area contributed by atoms with Gasteiger partial charge < -0.3 is 30.0 Å². The number of carboxylic acid groups (broad SMARTS) is 2. The van der Waals surface area contributed by atoms with Crippen molar-refractivity contribution in [1.82, 2.24) is 0 Å². The smallest absolute Gasteiger partial charge is 0.0574 e. The van der Waals surface area contributed by atoms with Crippen molar-refractivity contribution in [3.8, 4) is 0 Å². The number of aliphatic hydroxyl groups excluding tert-OH is 2. The summed E-state index contributed by atoms with van der Waals surface area (Å²) >= 11 is 0.0736. The molecule has 6 nitrogen and oxygen atoms in total. The molecule has 0 aromatic carbocycles. The van der Waals surface area contributed by atoms with Crippen LogP contribution in [0, 0.1) is 0 Å². The minimum absolute atomic E-state index is 0.0736. The summed E-state index contributed by atoms with van der Waals surface area (Å²) < 4.78 is 3.31. The molecule has 0 bridgehead atoms. The maximum atomic E-state index is 10.2. The molecular formula is C52H100O6Sn. The fourth-order valence-electron chi connectivity index (χ4n) is 6.90. The molecule has 0 spiro atoms. The summed E-state index contributed by atoms with van der Waals surface area (Å²) in [5.41, 5.74) is 0. The first-order chi connectivity index (χ1) is 28.7. The van der Waals surface area contributed by atoms with Crippen molar-refractivity contribution in [2.75, 3.05) is 0 Å². The first-order valence-electron chi connectivity index (χ1n) is 25.5. The fraction of sp³-hybridized carbons (Fsp3) is 0.885. The van der Waals surface area contributed by atoms with E-state index in [9.17, 15) is 30.0 Å². The van der Waals surface area contributed by atoms with E-state index in [2.05, 4.69) is 52.0 Å². The molecule has 59 heavy (non-hydrogen) atoms. The van der Waals surface area contributed by atoms with Crippen LogP contribution in [0.1, 0.15) is 272 Å². The van der Waals surface area contributed by atoms with Gasteiger partial charge in [-0.3, -0.25) is 0 Å². The standard InChI is InChI=1S/2C18H34O3.2C8H17.Sn/c2*1-2-3-4-11-14-17(19)15-12-9-7-5-6-8-10-13-16-18(20)21;2*1-3-5-7-8-6-4-2;/h2*9,12,17,19H,2-8,10-11,13-16H2,1H3,(H,20,21);2*1,3-8H2,2H3;/q;;;;+2/p-2/b2*12-9-;;;/t2*17-;;;/m11.../s1. The van der Waals surface area contributed by atoms with Crippen LogP contribution < -0.4 is 10.2 Å². The Balaban J connectivity index is -0.000000803. The van der Waals surface area contributed by atoms with Gasteiger partial charge in [0.05, 0.1) is 12.2 Å². The molecule has 0 saturated carbocycles. The fourth-order valence-corrected chi connectivity index (χ4v) is 10.5. The van der Waals surface area contributed by atoms with E-state index in [4.69, 9.17) is 0 Å². The number of aliphatic carboxylic acids is 2. The number of allylic oxidation sites excluding steroid dienone is 2. The van der Waals surface area contributed by atoms with Crippen LogP contribution in [0.4, 0.5) is 0 Å². The third-order valence-electron chi connectivity index (χ3n) is 10.8. The molecule has 0 heterocycles. The van der Waals surface area contributed by atoms with Crippen LogP contribution in [0.25, 0.3) is 0 Å². The largest absolute Gasteiger partial charge is 0.550 e. The van der Waals surface area contributed by atoms with E-state index in [1.165, 1.54) is 103 Å². The van der Waals surface area contributed by atoms with Crippen molar-refractivity contribution in [2.24, 2.45) is 0 Å². The molecule has 2 atom stereocenters. The summed E-state index contributed by atoms with van der Waals surface area (Å²) in [6.45, 7) is 9.00. The van der Waals surface area contributed by atoms with Gasteiger partial charge in [-0.2, -0.15) is 0 Å². The van der Waals surface area contributed by atoms with Gasteiger partial charge in [0.25, 0.3) is 0 Å². The Hall–Kier alpha value is -0.861. The number of carbonyl (C=O) groups is 2. The third kappa shape index (κ3) is 66.4. The Labute approximate surface area is 378 Å². The Morgan fingerprint density at radius 2 is 0.695 bits per heavy atom. The van der Waals surface area contributed by atoms with Gasteiger partial charge in [-0.15, -0.1) is 0 Å². The summed E-state index contributed by atoms with van der Waals surface area (Å²) in [6, 6.07) is 0. The zero-order chi connectivity index (χ0) is 44.1. The second-order valence-electron chi connectivity index (χ2n) is 17.1. The van der Waals surface area contributed by atoms with Gasteiger partial charge in [-0.1, -0.05) is 128 Å². The van der Waals surface area contributed by atoms with Crippen LogP contribution in [-0.2, 0) is 9.59 Å². The Kier molecular flexibility index (Phi) is 60.5. The molecular weight excluding hydrogens is 839 g/mol. The van der Waals surface area contributed by atoms with Crippen LogP contribution in [0.2, 0.25) is 8.87 Å². The second-order valence-corrected chi connectivity index (χ2v) is 21.3. The average molecular weight is 940 g/mol. The molecule has 0 aliphatic carbocycles. The van der Waals surface area contributed by atoms with Gasteiger partial charge in [-0.05, 0) is 77.0 Å². The van der Waals surface area contributed by atoms with E-state index >= 15 is 0 Å².